The van der Waals surface area contributed by atoms with E-state index in [-0.39, 0.29) is 29.1 Å². The van der Waals surface area contributed by atoms with Crippen LogP contribution < -0.4 is 10.6 Å². The van der Waals surface area contributed by atoms with Gasteiger partial charge in [-0.05, 0) is 98.1 Å². The van der Waals surface area contributed by atoms with Crippen molar-refractivity contribution in [2.24, 2.45) is 22.7 Å². The number of urea groups is 1. The third-order valence-corrected chi connectivity index (χ3v) is 11.2. The number of hydrogen-bond acceptors (Lipinski definition) is 4. The average Bonchev–Trinajstić information content (AvgIpc) is 3.14. The second-order valence-corrected chi connectivity index (χ2v) is 15.5. The highest BCUT2D eigenvalue weighted by molar-refractivity contribution is 5.90. The summed E-state index contributed by atoms with van der Waals surface area (Å²) in [7, 11) is 0. The van der Waals surface area contributed by atoms with Crippen molar-refractivity contribution in [1.82, 2.24) is 20.0 Å². The molecule has 2 N–H and O–H groups in total. The van der Waals surface area contributed by atoms with Gasteiger partial charge < -0.3 is 20.4 Å². The third-order valence-electron chi connectivity index (χ3n) is 11.2. The normalized spacial score (nSPS) is 32.9. The van der Waals surface area contributed by atoms with Gasteiger partial charge in [0, 0.05) is 64.7 Å². The van der Waals surface area contributed by atoms with Gasteiger partial charge >= 0.3 is 6.03 Å². The van der Waals surface area contributed by atoms with Crippen molar-refractivity contribution in [3.8, 4) is 0 Å². The Balaban J connectivity index is 0.979. The van der Waals surface area contributed by atoms with Crippen LogP contribution in [-0.4, -0.2) is 77.4 Å². The minimum absolute atomic E-state index is 0.116. The first-order chi connectivity index (χ1) is 20.4. The zero-order valence-corrected chi connectivity index (χ0v) is 26.4. The maximum atomic E-state index is 15.2. The number of rotatable bonds is 6. The van der Waals surface area contributed by atoms with Crippen molar-refractivity contribution < 1.29 is 18.8 Å². The number of halogens is 1. The van der Waals surface area contributed by atoms with Crippen molar-refractivity contribution in [2.75, 3.05) is 44.6 Å². The molecule has 43 heavy (non-hydrogen) atoms. The van der Waals surface area contributed by atoms with E-state index >= 15 is 4.39 Å². The summed E-state index contributed by atoms with van der Waals surface area (Å²) < 4.78 is 15.2. The first kappa shape index (κ1) is 30.4. The molecular formula is C34H50FN5O3. The Hall–Kier alpha value is -2.68. The van der Waals surface area contributed by atoms with Crippen molar-refractivity contribution in [3.05, 3.63) is 29.6 Å². The minimum Gasteiger partial charge on any atom is -0.343 e. The monoisotopic (exact) mass is 595 g/mol. The van der Waals surface area contributed by atoms with E-state index in [9.17, 15) is 14.4 Å². The molecule has 6 aliphatic rings. The molecule has 4 aliphatic carbocycles. The summed E-state index contributed by atoms with van der Waals surface area (Å²) in [5.74, 6) is 0.923. The van der Waals surface area contributed by atoms with Crippen molar-refractivity contribution >= 4 is 23.5 Å². The van der Waals surface area contributed by atoms with Crippen LogP contribution in [0.4, 0.5) is 14.9 Å². The topological polar surface area (TPSA) is 85.0 Å². The van der Waals surface area contributed by atoms with E-state index in [1.54, 1.807) is 13.0 Å². The quantitative estimate of drug-likeness (QED) is 0.463. The fourth-order valence-electron chi connectivity index (χ4n) is 10.2. The Morgan fingerprint density at radius 2 is 1.63 bits per heavy atom. The minimum atomic E-state index is -0.417. The van der Waals surface area contributed by atoms with Gasteiger partial charge in [-0.3, -0.25) is 14.5 Å². The SMILES string of the molecule is CC(=O)N1CCC(CC(=O)N2CCCN(Cc3ccc(NC(=O)NC45CC6CC(C)(CC(C)(C6)C4)C5)c(F)c3)CC2)CC1. The van der Waals surface area contributed by atoms with Crippen LogP contribution in [0.25, 0.3) is 0 Å². The highest BCUT2D eigenvalue weighted by atomic mass is 19.1. The lowest BCUT2D eigenvalue weighted by atomic mass is 9.43. The highest BCUT2D eigenvalue weighted by Crippen LogP contribution is 2.66. The molecule has 6 fully saturated rings. The van der Waals surface area contributed by atoms with Crippen LogP contribution >= 0.6 is 0 Å². The molecule has 236 valence electrons. The zero-order chi connectivity index (χ0) is 30.4. The Bertz CT molecular complexity index is 1230. The number of amides is 4. The number of nitrogens with one attached hydrogen (secondary N) is 2. The number of hydrogen-bond donors (Lipinski definition) is 2. The Kier molecular flexibility index (Phi) is 8.24. The summed E-state index contributed by atoms with van der Waals surface area (Å²) in [5.41, 5.74) is 1.48. The lowest BCUT2D eigenvalue weighted by Gasteiger charge is -2.65. The number of carbonyl (C=O) groups excluding carboxylic acids is 3. The van der Waals surface area contributed by atoms with Crippen LogP contribution in [-0.2, 0) is 16.1 Å². The molecule has 0 radical (unpaired) electrons. The second kappa shape index (κ2) is 11.7. The molecule has 0 aromatic heterocycles. The summed E-state index contributed by atoms with van der Waals surface area (Å²) in [6.07, 6.45) is 10.1. The molecule has 1 aromatic rings. The molecular weight excluding hydrogens is 545 g/mol. The van der Waals surface area contributed by atoms with Crippen LogP contribution in [0.15, 0.2) is 18.2 Å². The number of piperidine rings is 1. The van der Waals surface area contributed by atoms with Crippen LogP contribution in [0.2, 0.25) is 0 Å². The van der Waals surface area contributed by atoms with Gasteiger partial charge in [-0.1, -0.05) is 19.9 Å². The van der Waals surface area contributed by atoms with Crippen molar-refractivity contribution in [2.45, 2.75) is 97.1 Å². The van der Waals surface area contributed by atoms with Gasteiger partial charge in [-0.25, -0.2) is 9.18 Å². The summed E-state index contributed by atoms with van der Waals surface area (Å²) in [6, 6.07) is 4.80. The molecule has 8 nitrogen and oxygen atoms in total. The standard InChI is InChI=1S/C34H50FN5O3/c1-24(41)39-11-7-25(8-12-39)16-30(42)40-10-4-9-38(13-14-40)20-26-5-6-29(28(35)15-26)36-31(43)37-34-19-27-17-32(2,22-34)21-33(3,18-27)23-34/h5-6,15,25,27H,4,7-14,16-23H2,1-3H3,(H2,36,37,43). The van der Waals surface area contributed by atoms with Gasteiger partial charge in [0.25, 0.3) is 0 Å². The zero-order valence-electron chi connectivity index (χ0n) is 26.4. The lowest BCUT2D eigenvalue weighted by molar-refractivity contribution is -0.133. The summed E-state index contributed by atoms with van der Waals surface area (Å²) >= 11 is 0. The van der Waals surface area contributed by atoms with Gasteiger partial charge in [-0.15, -0.1) is 0 Å². The number of nitrogens with zero attached hydrogens (tertiary/aromatic N) is 3. The first-order valence-corrected chi connectivity index (χ1v) is 16.5. The van der Waals surface area contributed by atoms with E-state index in [2.05, 4.69) is 29.4 Å². The highest BCUT2D eigenvalue weighted by Gasteiger charge is 2.60. The van der Waals surface area contributed by atoms with Gasteiger partial charge in [0.2, 0.25) is 11.8 Å². The van der Waals surface area contributed by atoms with Crippen LogP contribution in [0, 0.1) is 28.5 Å². The molecule has 2 heterocycles. The summed E-state index contributed by atoms with van der Waals surface area (Å²) in [6.45, 7) is 11.5. The molecule has 2 unspecified atom stereocenters. The maximum absolute atomic E-state index is 15.2. The fourth-order valence-corrected chi connectivity index (χ4v) is 10.2. The van der Waals surface area contributed by atoms with E-state index in [0.29, 0.717) is 42.2 Å². The number of anilines is 1. The predicted molar refractivity (Wildman–Crippen MR) is 165 cm³/mol. The molecule has 2 saturated heterocycles. The summed E-state index contributed by atoms with van der Waals surface area (Å²) in [5, 5.41) is 6.12. The van der Waals surface area contributed by atoms with E-state index in [4.69, 9.17) is 0 Å². The van der Waals surface area contributed by atoms with Crippen molar-refractivity contribution in [1.29, 1.82) is 0 Å². The number of likely N-dealkylation sites (tertiary alicyclic amines) is 1. The molecule has 1 aromatic carbocycles. The molecule has 7 rings (SSSR count). The molecule has 2 aliphatic heterocycles. The van der Waals surface area contributed by atoms with Gasteiger partial charge in [0.1, 0.15) is 5.82 Å². The smallest absolute Gasteiger partial charge is 0.319 e. The molecule has 4 amide bonds. The lowest BCUT2D eigenvalue weighted by Crippen LogP contribution is -2.65. The van der Waals surface area contributed by atoms with Gasteiger partial charge in [0.05, 0.1) is 5.69 Å². The molecule has 9 heteroatoms. The van der Waals surface area contributed by atoms with E-state index in [1.165, 1.54) is 25.3 Å². The average molecular weight is 596 g/mol. The molecule has 4 bridgehead atoms. The molecule has 4 saturated carbocycles. The second-order valence-electron chi connectivity index (χ2n) is 15.5. The predicted octanol–water partition coefficient (Wildman–Crippen LogP) is 5.38. The van der Waals surface area contributed by atoms with Crippen LogP contribution in [0.5, 0.6) is 0 Å². The van der Waals surface area contributed by atoms with Crippen LogP contribution in [0.1, 0.15) is 90.5 Å². The Labute approximate surface area is 256 Å². The number of carbonyl (C=O) groups is 3. The molecule has 0 spiro atoms. The third kappa shape index (κ3) is 6.86. The van der Waals surface area contributed by atoms with E-state index in [1.807, 2.05) is 15.9 Å². The van der Waals surface area contributed by atoms with Crippen LogP contribution in [0.3, 0.4) is 0 Å². The summed E-state index contributed by atoms with van der Waals surface area (Å²) in [4.78, 5) is 43.9. The van der Waals surface area contributed by atoms with Crippen molar-refractivity contribution in [3.63, 3.8) is 0 Å². The Morgan fingerprint density at radius 1 is 0.907 bits per heavy atom. The molecule has 2 atom stereocenters. The fraction of sp³-hybridized carbons (Fsp3) is 0.735. The first-order valence-electron chi connectivity index (χ1n) is 16.5. The van der Waals surface area contributed by atoms with Gasteiger partial charge in [0.15, 0.2) is 0 Å². The Morgan fingerprint density at radius 3 is 2.28 bits per heavy atom. The number of benzene rings is 1. The van der Waals surface area contributed by atoms with E-state index in [0.717, 1.165) is 76.8 Å². The largest absolute Gasteiger partial charge is 0.343 e. The maximum Gasteiger partial charge on any atom is 0.319 e. The van der Waals surface area contributed by atoms with Gasteiger partial charge in [-0.2, -0.15) is 0 Å². The van der Waals surface area contributed by atoms with E-state index < -0.39 is 5.82 Å².